The summed E-state index contributed by atoms with van der Waals surface area (Å²) in [6.45, 7) is 3.97. The van der Waals surface area contributed by atoms with Crippen LogP contribution in [0.15, 0.2) is 66.8 Å². The first kappa shape index (κ1) is 11.1. The highest BCUT2D eigenvalue weighted by atomic mass is 14.2. The van der Waals surface area contributed by atoms with E-state index >= 15 is 0 Å². The Labute approximate surface area is 109 Å². The van der Waals surface area contributed by atoms with E-state index in [0.29, 0.717) is 0 Å². The molecular weight excluding hydrogens is 215 g/mol. The molecule has 0 heterocycles. The minimum Gasteiger partial charge on any atom is -0.0960 e. The van der Waals surface area contributed by atoms with E-state index in [9.17, 15) is 0 Å². The van der Waals surface area contributed by atoms with Crippen LogP contribution in [-0.4, -0.2) is 7.85 Å². The van der Waals surface area contributed by atoms with Gasteiger partial charge in [-0.3, -0.25) is 0 Å². The van der Waals surface area contributed by atoms with Crippen LogP contribution in [0.3, 0.4) is 0 Å². The van der Waals surface area contributed by atoms with Gasteiger partial charge >= 0.3 is 0 Å². The Morgan fingerprint density at radius 1 is 0.944 bits per heavy atom. The fourth-order valence-corrected chi connectivity index (χ4v) is 2.43. The lowest BCUT2D eigenvalue weighted by Crippen LogP contribution is -2.02. The van der Waals surface area contributed by atoms with Gasteiger partial charge < -0.3 is 0 Å². The van der Waals surface area contributed by atoms with Crippen LogP contribution in [0.1, 0.15) is 17.5 Å². The van der Waals surface area contributed by atoms with Gasteiger partial charge in [0.25, 0.3) is 0 Å². The number of hydrogen-bond acceptors (Lipinski definition) is 0. The topological polar surface area (TPSA) is 0 Å². The molecule has 0 aromatic heterocycles. The fraction of sp³-hybridized carbons (Fsp3) is 0.0588. The van der Waals surface area contributed by atoms with E-state index < -0.39 is 0 Å². The number of hydrogen-bond donors (Lipinski definition) is 0. The Hall–Kier alpha value is -2.02. The van der Waals surface area contributed by atoms with Crippen LogP contribution in [0.5, 0.6) is 0 Å². The maximum absolute atomic E-state index is 5.88. The molecule has 0 atom stereocenters. The molecule has 0 nitrogen and oxygen atoms in total. The standard InChI is InChI=1S/C17H13B/c1-12-4-2-6-13-10-14(7-3-5-12)17-11-15(18)8-9-16(13)17/h2-9,11H,1,10H2/b4-2-,5-3-,13-6?,14-7+. The second-order valence-electron chi connectivity index (χ2n) is 4.66. The summed E-state index contributed by atoms with van der Waals surface area (Å²) in [4.78, 5) is 0. The van der Waals surface area contributed by atoms with Gasteiger partial charge in [0.2, 0.25) is 0 Å². The van der Waals surface area contributed by atoms with Gasteiger partial charge in [-0.05, 0) is 34.3 Å². The van der Waals surface area contributed by atoms with E-state index in [2.05, 4.69) is 43.0 Å². The lowest BCUT2D eigenvalue weighted by Gasteiger charge is -2.02. The third-order valence-electron chi connectivity index (χ3n) is 3.33. The monoisotopic (exact) mass is 228 g/mol. The third kappa shape index (κ3) is 1.93. The van der Waals surface area contributed by atoms with E-state index in [0.717, 1.165) is 17.5 Å². The highest BCUT2D eigenvalue weighted by Crippen LogP contribution is 2.40. The van der Waals surface area contributed by atoms with Crippen molar-refractivity contribution in [1.29, 1.82) is 0 Å². The molecule has 2 aliphatic rings. The average Bonchev–Trinajstić information content (AvgIpc) is 2.67. The summed E-state index contributed by atoms with van der Waals surface area (Å²) in [5.41, 5.74) is 7.04. The van der Waals surface area contributed by atoms with Crippen LogP contribution in [0, 0.1) is 0 Å². The first-order chi connectivity index (χ1) is 8.74. The summed E-state index contributed by atoms with van der Waals surface area (Å²) in [6.07, 6.45) is 13.5. The van der Waals surface area contributed by atoms with Crippen molar-refractivity contribution in [1.82, 2.24) is 0 Å². The molecule has 0 spiro atoms. The minimum atomic E-state index is 0.819. The summed E-state index contributed by atoms with van der Waals surface area (Å²) >= 11 is 0. The lowest BCUT2D eigenvalue weighted by molar-refractivity contribution is 1.51. The van der Waals surface area contributed by atoms with E-state index in [-0.39, 0.29) is 0 Å². The predicted octanol–water partition coefficient (Wildman–Crippen LogP) is 3.33. The summed E-state index contributed by atoms with van der Waals surface area (Å²) < 4.78 is 0. The number of allylic oxidation sites excluding steroid dienone is 9. The van der Waals surface area contributed by atoms with E-state index in [4.69, 9.17) is 7.85 Å². The van der Waals surface area contributed by atoms with Crippen molar-refractivity contribution in [2.75, 3.05) is 0 Å². The Morgan fingerprint density at radius 2 is 1.61 bits per heavy atom. The first-order valence-corrected chi connectivity index (χ1v) is 6.08. The van der Waals surface area contributed by atoms with Crippen LogP contribution in [-0.2, 0) is 0 Å². The smallest absolute Gasteiger partial charge is 0.0960 e. The molecule has 0 saturated heterocycles. The van der Waals surface area contributed by atoms with Crippen molar-refractivity contribution in [3.63, 3.8) is 0 Å². The Morgan fingerprint density at radius 3 is 2.33 bits per heavy atom. The van der Waals surface area contributed by atoms with Gasteiger partial charge in [0.05, 0.1) is 0 Å². The highest BCUT2D eigenvalue weighted by Gasteiger charge is 2.19. The molecule has 18 heavy (non-hydrogen) atoms. The van der Waals surface area contributed by atoms with Crippen LogP contribution in [0.4, 0.5) is 0 Å². The van der Waals surface area contributed by atoms with Crippen molar-refractivity contribution in [2.45, 2.75) is 6.42 Å². The van der Waals surface area contributed by atoms with Crippen LogP contribution >= 0.6 is 0 Å². The molecule has 2 bridgehead atoms. The van der Waals surface area contributed by atoms with Crippen molar-refractivity contribution >= 4 is 24.5 Å². The molecule has 0 amide bonds. The van der Waals surface area contributed by atoms with Gasteiger partial charge in [-0.25, -0.2) is 0 Å². The SMILES string of the molecule is [B]c1ccc2c(c1)/C1=C/C=C\C(=C)/C=C\C=C2C1. The zero-order chi connectivity index (χ0) is 12.5. The fourth-order valence-electron chi connectivity index (χ4n) is 2.43. The molecule has 84 valence electrons. The summed E-state index contributed by atoms with van der Waals surface area (Å²) in [6, 6.07) is 6.14. The molecule has 2 radical (unpaired) electrons. The molecular formula is C17H13B. The Kier molecular flexibility index (Phi) is 2.68. The summed E-state index contributed by atoms with van der Waals surface area (Å²) in [7, 11) is 5.88. The number of benzene rings is 1. The third-order valence-corrected chi connectivity index (χ3v) is 3.33. The summed E-state index contributed by atoms with van der Waals surface area (Å²) in [5.74, 6) is 0. The van der Waals surface area contributed by atoms with E-state index in [1.807, 2.05) is 18.2 Å². The normalized spacial score (nSPS) is 23.7. The van der Waals surface area contributed by atoms with E-state index in [1.54, 1.807) is 0 Å². The predicted molar refractivity (Wildman–Crippen MR) is 79.8 cm³/mol. The minimum absolute atomic E-state index is 0.819. The average molecular weight is 228 g/mol. The van der Waals surface area contributed by atoms with Gasteiger partial charge in [-0.15, -0.1) is 0 Å². The van der Waals surface area contributed by atoms with Crippen LogP contribution < -0.4 is 5.46 Å². The van der Waals surface area contributed by atoms with Gasteiger partial charge in [-0.2, -0.15) is 0 Å². The molecule has 0 aliphatic heterocycles. The second-order valence-corrected chi connectivity index (χ2v) is 4.66. The molecule has 0 N–H and O–H groups in total. The maximum atomic E-state index is 5.88. The second kappa shape index (κ2) is 4.34. The summed E-state index contributed by atoms with van der Waals surface area (Å²) in [5, 5.41) is 0. The molecule has 1 heteroatoms. The molecule has 1 aromatic rings. The Balaban J connectivity index is 2.21. The van der Waals surface area contributed by atoms with Gasteiger partial charge in [-0.1, -0.05) is 66.7 Å². The van der Waals surface area contributed by atoms with Gasteiger partial charge in [0.1, 0.15) is 7.85 Å². The maximum Gasteiger partial charge on any atom is 0.113 e. The molecule has 0 fully saturated rings. The molecule has 0 saturated carbocycles. The largest absolute Gasteiger partial charge is 0.113 e. The lowest BCUT2D eigenvalue weighted by atomic mass is 9.91. The zero-order valence-electron chi connectivity index (χ0n) is 10.2. The number of rotatable bonds is 0. The molecule has 2 aliphatic carbocycles. The number of fused-ring (bicyclic) bond motifs is 5. The first-order valence-electron chi connectivity index (χ1n) is 6.08. The Bertz CT molecular complexity index is 640. The highest BCUT2D eigenvalue weighted by molar-refractivity contribution is 6.32. The zero-order valence-corrected chi connectivity index (χ0v) is 10.2. The molecule has 3 rings (SSSR count). The van der Waals surface area contributed by atoms with Crippen LogP contribution in [0.2, 0.25) is 0 Å². The van der Waals surface area contributed by atoms with Crippen molar-refractivity contribution < 1.29 is 0 Å². The van der Waals surface area contributed by atoms with Crippen molar-refractivity contribution in [3.8, 4) is 0 Å². The quantitative estimate of drug-likeness (QED) is 0.597. The van der Waals surface area contributed by atoms with Crippen molar-refractivity contribution in [2.24, 2.45) is 0 Å². The molecule has 0 unspecified atom stereocenters. The van der Waals surface area contributed by atoms with Gasteiger partial charge in [0, 0.05) is 0 Å². The van der Waals surface area contributed by atoms with Crippen LogP contribution in [0.25, 0.3) is 11.1 Å². The van der Waals surface area contributed by atoms with Gasteiger partial charge in [0.15, 0.2) is 0 Å². The van der Waals surface area contributed by atoms with Crippen molar-refractivity contribution in [3.05, 3.63) is 77.9 Å². The molecule has 1 aromatic carbocycles. The van der Waals surface area contributed by atoms with E-state index in [1.165, 1.54) is 22.3 Å².